The molecule has 1 aromatic carbocycles. The Morgan fingerprint density at radius 1 is 1.32 bits per heavy atom. The first-order chi connectivity index (χ1) is 8.88. The van der Waals surface area contributed by atoms with Gasteiger partial charge >= 0.3 is 0 Å². The standard InChI is InChI=1S/C10H8BrClN4O2S/c11-7-2-1-6(5-8(7)13)19(17,18)16-9-3-4-14-10(12)15-9/h1-5H,13H2,(H,14,15,16). The minimum Gasteiger partial charge on any atom is -0.398 e. The lowest BCUT2D eigenvalue weighted by molar-refractivity contribution is 0.601. The summed E-state index contributed by atoms with van der Waals surface area (Å²) in [5.74, 6) is 0.0847. The maximum atomic E-state index is 12.1. The number of anilines is 2. The van der Waals surface area contributed by atoms with Crippen molar-refractivity contribution in [3.63, 3.8) is 0 Å². The number of hydrogen-bond donors (Lipinski definition) is 2. The molecule has 19 heavy (non-hydrogen) atoms. The number of hydrogen-bond acceptors (Lipinski definition) is 5. The lowest BCUT2D eigenvalue weighted by Gasteiger charge is -2.08. The van der Waals surface area contributed by atoms with Crippen LogP contribution in [0.2, 0.25) is 5.28 Å². The van der Waals surface area contributed by atoms with Crippen molar-refractivity contribution in [2.24, 2.45) is 0 Å². The summed E-state index contributed by atoms with van der Waals surface area (Å²) in [6.07, 6.45) is 1.35. The summed E-state index contributed by atoms with van der Waals surface area (Å²) < 4.78 is 27.1. The highest BCUT2D eigenvalue weighted by molar-refractivity contribution is 9.10. The minimum atomic E-state index is -3.77. The van der Waals surface area contributed by atoms with Crippen LogP contribution >= 0.6 is 27.5 Å². The quantitative estimate of drug-likeness (QED) is 0.644. The highest BCUT2D eigenvalue weighted by Crippen LogP contribution is 2.24. The molecule has 0 atom stereocenters. The van der Waals surface area contributed by atoms with Crippen LogP contribution in [0.15, 0.2) is 39.8 Å². The van der Waals surface area contributed by atoms with E-state index in [0.29, 0.717) is 10.2 Å². The number of halogens is 2. The summed E-state index contributed by atoms with van der Waals surface area (Å²) in [5.41, 5.74) is 5.97. The van der Waals surface area contributed by atoms with Gasteiger partial charge in [0.15, 0.2) is 0 Å². The molecule has 1 aromatic heterocycles. The molecule has 2 aromatic rings. The zero-order chi connectivity index (χ0) is 14.0. The van der Waals surface area contributed by atoms with E-state index in [2.05, 4.69) is 30.6 Å². The molecule has 1 heterocycles. The average molecular weight is 364 g/mol. The van der Waals surface area contributed by atoms with Crippen LogP contribution < -0.4 is 10.5 Å². The summed E-state index contributed by atoms with van der Waals surface area (Å²) >= 11 is 8.78. The summed E-state index contributed by atoms with van der Waals surface area (Å²) in [6.45, 7) is 0. The maximum absolute atomic E-state index is 12.1. The van der Waals surface area contributed by atoms with E-state index in [1.54, 1.807) is 6.07 Å². The Hall–Kier alpha value is -1.38. The van der Waals surface area contributed by atoms with E-state index in [1.807, 2.05) is 0 Å². The van der Waals surface area contributed by atoms with E-state index >= 15 is 0 Å². The van der Waals surface area contributed by atoms with Crippen LogP contribution in [-0.2, 0) is 10.0 Å². The molecular weight excluding hydrogens is 356 g/mol. The fourth-order valence-electron chi connectivity index (χ4n) is 1.28. The second-order valence-electron chi connectivity index (χ2n) is 3.50. The maximum Gasteiger partial charge on any atom is 0.263 e. The van der Waals surface area contributed by atoms with E-state index in [4.69, 9.17) is 17.3 Å². The lowest BCUT2D eigenvalue weighted by Crippen LogP contribution is -2.14. The molecule has 0 amide bonds. The van der Waals surface area contributed by atoms with Crippen LogP contribution in [0.25, 0.3) is 0 Å². The van der Waals surface area contributed by atoms with Gasteiger partial charge in [0.05, 0.1) is 4.90 Å². The molecule has 9 heteroatoms. The van der Waals surface area contributed by atoms with E-state index in [0.717, 1.165) is 0 Å². The normalized spacial score (nSPS) is 11.3. The van der Waals surface area contributed by atoms with Crippen molar-refractivity contribution in [2.45, 2.75) is 4.90 Å². The number of rotatable bonds is 3. The fraction of sp³-hybridized carbons (Fsp3) is 0. The second kappa shape index (κ2) is 5.32. The smallest absolute Gasteiger partial charge is 0.263 e. The summed E-state index contributed by atoms with van der Waals surface area (Å²) in [7, 11) is -3.77. The molecule has 0 radical (unpaired) electrons. The number of sulfonamides is 1. The predicted molar refractivity (Wildman–Crippen MR) is 76.4 cm³/mol. The molecule has 0 aliphatic heterocycles. The Kier molecular flexibility index (Phi) is 3.93. The fourth-order valence-corrected chi connectivity index (χ4v) is 2.71. The van der Waals surface area contributed by atoms with E-state index in [-0.39, 0.29) is 16.0 Å². The monoisotopic (exact) mass is 362 g/mol. The van der Waals surface area contributed by atoms with Crippen LogP contribution in [-0.4, -0.2) is 18.4 Å². The van der Waals surface area contributed by atoms with Gasteiger partial charge in [-0.1, -0.05) is 0 Å². The molecule has 6 nitrogen and oxygen atoms in total. The topological polar surface area (TPSA) is 98.0 Å². The molecular formula is C10H8BrClN4O2S. The van der Waals surface area contributed by atoms with E-state index < -0.39 is 10.0 Å². The van der Waals surface area contributed by atoms with Crippen molar-refractivity contribution in [1.82, 2.24) is 9.97 Å². The van der Waals surface area contributed by atoms with Crippen LogP contribution in [0.3, 0.4) is 0 Å². The third-order valence-corrected chi connectivity index (χ3v) is 4.40. The van der Waals surface area contributed by atoms with Crippen LogP contribution in [0.5, 0.6) is 0 Å². The van der Waals surface area contributed by atoms with Gasteiger partial charge in [0.25, 0.3) is 10.0 Å². The zero-order valence-electron chi connectivity index (χ0n) is 9.34. The minimum absolute atomic E-state index is 0.0305. The lowest BCUT2D eigenvalue weighted by atomic mass is 10.3. The van der Waals surface area contributed by atoms with Gasteiger partial charge in [-0.15, -0.1) is 0 Å². The van der Waals surface area contributed by atoms with Gasteiger partial charge in [-0.2, -0.15) is 4.98 Å². The first-order valence-electron chi connectivity index (χ1n) is 4.95. The predicted octanol–water partition coefficient (Wildman–Crippen LogP) is 2.28. The van der Waals surface area contributed by atoms with Gasteiger partial charge in [0.2, 0.25) is 5.28 Å². The van der Waals surface area contributed by atoms with Crippen molar-refractivity contribution >= 4 is 49.1 Å². The molecule has 3 N–H and O–H groups in total. The molecule has 0 bridgehead atoms. The molecule has 0 saturated carbocycles. The third kappa shape index (κ3) is 3.34. The van der Waals surface area contributed by atoms with Crippen LogP contribution in [0, 0.1) is 0 Å². The first kappa shape index (κ1) is 14.0. The molecule has 2 rings (SSSR count). The van der Waals surface area contributed by atoms with Gasteiger partial charge in [-0.3, -0.25) is 4.72 Å². The number of aromatic nitrogens is 2. The van der Waals surface area contributed by atoms with Gasteiger partial charge in [0.1, 0.15) is 5.82 Å². The zero-order valence-corrected chi connectivity index (χ0v) is 12.5. The highest BCUT2D eigenvalue weighted by atomic mass is 79.9. The average Bonchev–Trinajstić information content (AvgIpc) is 2.32. The molecule has 100 valence electrons. The van der Waals surface area contributed by atoms with E-state index in [1.165, 1.54) is 24.4 Å². The largest absolute Gasteiger partial charge is 0.398 e. The van der Waals surface area contributed by atoms with Crippen molar-refractivity contribution in [3.8, 4) is 0 Å². The molecule has 0 aliphatic carbocycles. The Bertz CT molecular complexity index is 723. The number of nitrogens with zero attached hydrogens (tertiary/aromatic N) is 2. The Labute approximate surface area is 123 Å². The number of nitrogens with two attached hydrogens (primary N) is 1. The Morgan fingerprint density at radius 3 is 2.68 bits per heavy atom. The van der Waals surface area contributed by atoms with Gasteiger partial charge in [-0.05, 0) is 51.8 Å². The third-order valence-electron chi connectivity index (χ3n) is 2.14. The van der Waals surface area contributed by atoms with Crippen molar-refractivity contribution in [3.05, 3.63) is 40.2 Å². The number of benzene rings is 1. The molecule has 0 spiro atoms. The van der Waals surface area contributed by atoms with Crippen LogP contribution in [0.4, 0.5) is 11.5 Å². The number of nitrogen functional groups attached to an aromatic ring is 1. The van der Waals surface area contributed by atoms with Gasteiger partial charge in [-0.25, -0.2) is 13.4 Å². The summed E-state index contributed by atoms with van der Waals surface area (Å²) in [4.78, 5) is 7.44. The molecule has 0 unspecified atom stereocenters. The SMILES string of the molecule is Nc1cc(S(=O)(=O)Nc2ccnc(Cl)n2)ccc1Br. The van der Waals surface area contributed by atoms with Crippen molar-refractivity contribution in [1.29, 1.82) is 0 Å². The highest BCUT2D eigenvalue weighted by Gasteiger charge is 2.16. The van der Waals surface area contributed by atoms with Crippen molar-refractivity contribution < 1.29 is 8.42 Å². The first-order valence-corrected chi connectivity index (χ1v) is 7.60. The second-order valence-corrected chi connectivity index (χ2v) is 6.37. The Morgan fingerprint density at radius 2 is 2.05 bits per heavy atom. The number of nitrogens with one attached hydrogen (secondary N) is 1. The molecule has 0 saturated heterocycles. The van der Waals surface area contributed by atoms with Crippen molar-refractivity contribution in [2.75, 3.05) is 10.5 Å². The van der Waals surface area contributed by atoms with Gasteiger partial charge in [0, 0.05) is 16.4 Å². The molecule has 0 fully saturated rings. The summed E-state index contributed by atoms with van der Waals surface area (Å²) in [6, 6.07) is 5.71. The molecule has 0 aliphatic rings. The Balaban J connectivity index is 2.35. The summed E-state index contributed by atoms with van der Waals surface area (Å²) in [5, 5.41) is -0.0458. The van der Waals surface area contributed by atoms with Crippen LogP contribution in [0.1, 0.15) is 0 Å². The van der Waals surface area contributed by atoms with E-state index in [9.17, 15) is 8.42 Å². The van der Waals surface area contributed by atoms with Gasteiger partial charge < -0.3 is 5.73 Å².